The van der Waals surface area contributed by atoms with Gasteiger partial charge in [-0.2, -0.15) is 0 Å². The molecule has 262 valence electrons. The Balaban J connectivity index is 1.57. The summed E-state index contributed by atoms with van der Waals surface area (Å²) in [7, 11) is 0. The summed E-state index contributed by atoms with van der Waals surface area (Å²) in [5, 5.41) is 0. The Morgan fingerprint density at radius 1 is 1.00 bits per heavy atom. The molecule has 0 amide bonds. The fourth-order valence-electron chi connectivity index (χ4n) is 8.90. The van der Waals surface area contributed by atoms with Gasteiger partial charge < -0.3 is 0 Å². The topological polar surface area (TPSA) is 0 Å². The van der Waals surface area contributed by atoms with E-state index in [1.54, 1.807) is 11.1 Å². The lowest BCUT2D eigenvalue weighted by Gasteiger charge is -2.35. The van der Waals surface area contributed by atoms with Crippen LogP contribution in [0.3, 0.4) is 0 Å². The highest BCUT2D eigenvalue weighted by molar-refractivity contribution is 5.73. The summed E-state index contributed by atoms with van der Waals surface area (Å²) >= 11 is 0. The molecule has 0 nitrogen and oxygen atoms in total. The van der Waals surface area contributed by atoms with Crippen molar-refractivity contribution in [3.63, 3.8) is 0 Å². The smallest absolute Gasteiger partial charge is 0.00244 e. The van der Waals surface area contributed by atoms with E-state index in [0.717, 1.165) is 24.7 Å². The van der Waals surface area contributed by atoms with E-state index in [-0.39, 0.29) is 0 Å². The monoisotopic (exact) mass is 647 g/mol. The van der Waals surface area contributed by atoms with Crippen molar-refractivity contribution in [1.82, 2.24) is 0 Å². The molecule has 0 aliphatic heterocycles. The SMILES string of the molecule is C=C(C)C(=C\C1=C(CC)CC[C@H](C(C)(C)C)C1)/C=C(C)/C(=C/C)C[C@H](C)[C@H](CCC1CCCCC1)c1ccc(C2=CC=C[C@@H]2CC)cc1. The number of hydrogen-bond acceptors (Lipinski definition) is 0. The minimum Gasteiger partial charge on any atom is -0.0955 e. The molecule has 0 bridgehead atoms. The van der Waals surface area contributed by atoms with E-state index in [2.05, 4.69) is 130 Å². The molecule has 1 aromatic rings. The molecule has 3 aliphatic rings. The molecule has 4 rings (SSSR count). The van der Waals surface area contributed by atoms with Gasteiger partial charge in [-0.05, 0) is 140 Å². The normalized spacial score (nSPS) is 23.0. The Morgan fingerprint density at radius 3 is 2.31 bits per heavy atom. The summed E-state index contributed by atoms with van der Waals surface area (Å²) in [6.07, 6.45) is 31.3. The highest BCUT2D eigenvalue weighted by atomic mass is 14.3. The Kier molecular flexibility index (Phi) is 14.2. The summed E-state index contributed by atoms with van der Waals surface area (Å²) < 4.78 is 0. The van der Waals surface area contributed by atoms with E-state index < -0.39 is 0 Å². The predicted octanol–water partition coefficient (Wildman–Crippen LogP) is 15.1. The van der Waals surface area contributed by atoms with Crippen LogP contribution in [-0.2, 0) is 0 Å². The van der Waals surface area contributed by atoms with Crippen LogP contribution in [0.2, 0.25) is 0 Å². The molecule has 0 aromatic heterocycles. The number of benzene rings is 1. The molecule has 0 heterocycles. The van der Waals surface area contributed by atoms with Gasteiger partial charge in [0.25, 0.3) is 0 Å². The van der Waals surface area contributed by atoms with Gasteiger partial charge in [0.1, 0.15) is 0 Å². The predicted molar refractivity (Wildman–Crippen MR) is 214 cm³/mol. The Hall–Kier alpha value is -2.60. The zero-order valence-electron chi connectivity index (χ0n) is 32.6. The van der Waals surface area contributed by atoms with Gasteiger partial charge in [0.15, 0.2) is 0 Å². The van der Waals surface area contributed by atoms with Gasteiger partial charge in [0.2, 0.25) is 0 Å². The van der Waals surface area contributed by atoms with Crippen molar-refractivity contribution in [1.29, 1.82) is 0 Å². The molecule has 0 heteroatoms. The maximum Gasteiger partial charge on any atom is 0.00244 e. The molecule has 0 spiro atoms. The lowest BCUT2D eigenvalue weighted by atomic mass is 9.70. The molecule has 1 saturated carbocycles. The summed E-state index contributed by atoms with van der Waals surface area (Å²) in [6.45, 7) is 25.7. The molecule has 0 radical (unpaired) electrons. The highest BCUT2D eigenvalue weighted by Gasteiger charge is 2.29. The van der Waals surface area contributed by atoms with Gasteiger partial charge in [-0.3, -0.25) is 0 Å². The second-order valence-corrected chi connectivity index (χ2v) is 16.8. The van der Waals surface area contributed by atoms with Crippen LogP contribution < -0.4 is 0 Å². The van der Waals surface area contributed by atoms with Crippen LogP contribution in [0.5, 0.6) is 0 Å². The fourth-order valence-corrected chi connectivity index (χ4v) is 8.90. The molecule has 4 atom stereocenters. The first kappa shape index (κ1) is 38.2. The second kappa shape index (κ2) is 17.9. The molecule has 1 fully saturated rings. The molecule has 0 unspecified atom stereocenters. The summed E-state index contributed by atoms with van der Waals surface area (Å²) in [4.78, 5) is 0. The lowest BCUT2D eigenvalue weighted by Crippen LogP contribution is -2.24. The van der Waals surface area contributed by atoms with Crippen LogP contribution in [0, 0.1) is 29.1 Å². The van der Waals surface area contributed by atoms with E-state index in [1.165, 1.54) is 110 Å². The molecule has 48 heavy (non-hydrogen) atoms. The molecule has 0 N–H and O–H groups in total. The highest BCUT2D eigenvalue weighted by Crippen LogP contribution is 2.43. The van der Waals surface area contributed by atoms with Crippen LogP contribution in [0.15, 0.2) is 101 Å². The molecule has 1 aromatic carbocycles. The fraction of sp³-hybridized carbons (Fsp3) is 0.583. The third-order valence-electron chi connectivity index (χ3n) is 12.4. The minimum absolute atomic E-state index is 0.346. The lowest BCUT2D eigenvalue weighted by molar-refractivity contribution is 0.216. The van der Waals surface area contributed by atoms with Crippen molar-refractivity contribution in [3.05, 3.63) is 112 Å². The average Bonchev–Trinajstić information content (AvgIpc) is 3.56. The van der Waals surface area contributed by atoms with Crippen molar-refractivity contribution in [2.24, 2.45) is 29.1 Å². The number of allylic oxidation sites excluding steroid dienone is 13. The van der Waals surface area contributed by atoms with Crippen molar-refractivity contribution in [3.8, 4) is 0 Å². The van der Waals surface area contributed by atoms with Gasteiger partial charge in [-0.25, -0.2) is 0 Å². The van der Waals surface area contributed by atoms with Crippen molar-refractivity contribution < 1.29 is 0 Å². The quantitative estimate of drug-likeness (QED) is 0.176. The first-order chi connectivity index (χ1) is 22.9. The molecular weight excluding hydrogens is 577 g/mol. The second-order valence-electron chi connectivity index (χ2n) is 16.8. The van der Waals surface area contributed by atoms with Gasteiger partial charge in [-0.1, -0.05) is 152 Å². The van der Waals surface area contributed by atoms with E-state index in [0.29, 0.717) is 23.2 Å². The third kappa shape index (κ3) is 10.2. The van der Waals surface area contributed by atoms with Crippen LogP contribution >= 0.6 is 0 Å². The standard InChI is InChI=1S/C48H70/c1-11-38-27-28-45(48(8,9)10)33-44(38)32-43(34(4)5)30-35(6)40(13-3)31-36(7)46(29-22-37-18-15-14-16-19-37)41-23-25-42(26-24-41)47-21-17-20-39(47)12-2/h13,17,20-21,23-26,30,32,36-37,39,45-46H,4,11-12,14-16,18-19,22,27-29,31,33H2,1-3,5-10H3/b35-30+,40-13+,43-32-/t36-,39-,45-,46-/m0/s1. The molecular formula is C48H70. The van der Waals surface area contributed by atoms with Gasteiger partial charge >= 0.3 is 0 Å². The van der Waals surface area contributed by atoms with Crippen LogP contribution in [0.25, 0.3) is 5.57 Å². The van der Waals surface area contributed by atoms with E-state index in [4.69, 9.17) is 0 Å². The third-order valence-corrected chi connectivity index (χ3v) is 12.4. The van der Waals surface area contributed by atoms with Crippen LogP contribution in [0.4, 0.5) is 0 Å². The van der Waals surface area contributed by atoms with Gasteiger partial charge in [0.05, 0.1) is 0 Å². The summed E-state index contributed by atoms with van der Waals surface area (Å²) in [6, 6.07) is 9.77. The van der Waals surface area contributed by atoms with Gasteiger partial charge in [-0.15, -0.1) is 0 Å². The van der Waals surface area contributed by atoms with E-state index >= 15 is 0 Å². The summed E-state index contributed by atoms with van der Waals surface area (Å²) in [5.74, 6) is 3.36. The number of rotatable bonds is 14. The first-order valence-corrected chi connectivity index (χ1v) is 19.9. The summed E-state index contributed by atoms with van der Waals surface area (Å²) in [5.41, 5.74) is 13.3. The van der Waals surface area contributed by atoms with Crippen molar-refractivity contribution >= 4 is 5.57 Å². The number of hydrogen-bond donors (Lipinski definition) is 0. The zero-order chi connectivity index (χ0) is 34.8. The maximum atomic E-state index is 4.46. The van der Waals surface area contributed by atoms with Crippen molar-refractivity contribution in [2.75, 3.05) is 0 Å². The van der Waals surface area contributed by atoms with E-state index in [1.807, 2.05) is 0 Å². The van der Waals surface area contributed by atoms with Crippen molar-refractivity contribution in [2.45, 2.75) is 152 Å². The maximum absolute atomic E-state index is 4.46. The Labute approximate surface area is 297 Å². The Morgan fingerprint density at radius 2 is 1.71 bits per heavy atom. The van der Waals surface area contributed by atoms with E-state index in [9.17, 15) is 0 Å². The zero-order valence-corrected chi connectivity index (χ0v) is 32.6. The molecule has 3 aliphatic carbocycles. The molecule has 0 saturated heterocycles. The average molecular weight is 647 g/mol. The van der Waals surface area contributed by atoms with Crippen LogP contribution in [0.1, 0.15) is 163 Å². The Bertz CT molecular complexity index is 1400. The van der Waals surface area contributed by atoms with Crippen LogP contribution in [-0.4, -0.2) is 0 Å². The minimum atomic E-state index is 0.346. The van der Waals surface area contributed by atoms with Gasteiger partial charge in [0, 0.05) is 5.92 Å². The first-order valence-electron chi connectivity index (χ1n) is 19.9. The largest absolute Gasteiger partial charge is 0.0955 e.